The third kappa shape index (κ3) is 4.83. The molecule has 15 heavy (non-hydrogen) atoms. The summed E-state index contributed by atoms with van der Waals surface area (Å²) in [6.45, 7) is -0.386. The van der Waals surface area contributed by atoms with E-state index in [2.05, 4.69) is 5.32 Å². The van der Waals surface area contributed by atoms with Crippen LogP contribution < -0.4 is 40.6 Å². The van der Waals surface area contributed by atoms with Crippen molar-refractivity contribution in [2.24, 2.45) is 0 Å². The van der Waals surface area contributed by atoms with E-state index in [9.17, 15) is 9.59 Å². The molecule has 1 amide bonds. The summed E-state index contributed by atoms with van der Waals surface area (Å²) in [6.07, 6.45) is 0. The molecular weight excluding hydrogens is 207 g/mol. The van der Waals surface area contributed by atoms with Crippen molar-refractivity contribution in [2.45, 2.75) is 0 Å². The summed E-state index contributed by atoms with van der Waals surface area (Å²) >= 11 is 0. The molecule has 0 unspecified atom stereocenters. The van der Waals surface area contributed by atoms with Crippen molar-refractivity contribution in [3.8, 4) is 0 Å². The molecule has 0 spiro atoms. The first-order chi connectivity index (χ1) is 6.59. The molecule has 4 N–H and O–H groups in total. The van der Waals surface area contributed by atoms with Gasteiger partial charge in [-0.2, -0.15) is 0 Å². The minimum atomic E-state index is -1.08. The molecule has 0 bridgehead atoms. The van der Waals surface area contributed by atoms with Gasteiger partial charge in [-0.05, 0) is 24.3 Å². The Morgan fingerprint density at radius 1 is 1.27 bits per heavy atom. The fourth-order valence-corrected chi connectivity index (χ4v) is 0.892. The number of hydrogen-bond donors (Lipinski definition) is 3. The Hall–Kier alpha value is -1.04. The molecule has 0 aliphatic heterocycles. The molecule has 1 aromatic rings. The third-order valence-electron chi connectivity index (χ3n) is 1.57. The van der Waals surface area contributed by atoms with Gasteiger partial charge in [-0.3, -0.25) is 9.59 Å². The first kappa shape index (κ1) is 14.0. The summed E-state index contributed by atoms with van der Waals surface area (Å²) < 4.78 is 0. The number of nitrogen functional groups attached to an aromatic ring is 1. The predicted octanol–water partition coefficient (Wildman–Crippen LogP) is -2.91. The molecule has 6 heteroatoms. The fraction of sp³-hybridized carbons (Fsp3) is 0.111. The van der Waals surface area contributed by atoms with E-state index in [1.807, 2.05) is 0 Å². The molecular formula is C9H10N2NaO3+. The van der Waals surface area contributed by atoms with Crippen molar-refractivity contribution in [3.05, 3.63) is 29.8 Å². The molecule has 0 atom stereocenters. The Morgan fingerprint density at radius 2 is 1.80 bits per heavy atom. The number of anilines is 1. The Labute approximate surface area is 109 Å². The van der Waals surface area contributed by atoms with Crippen molar-refractivity contribution >= 4 is 17.6 Å². The van der Waals surface area contributed by atoms with E-state index in [1.54, 1.807) is 12.1 Å². The van der Waals surface area contributed by atoms with Crippen LogP contribution in [0.5, 0.6) is 0 Å². The SMILES string of the molecule is Nc1ccc(C(=O)NCC(=O)O)cc1.[Na+]. The first-order valence-corrected chi connectivity index (χ1v) is 3.95. The average Bonchev–Trinajstić information content (AvgIpc) is 2.15. The molecule has 1 aromatic carbocycles. The van der Waals surface area contributed by atoms with Gasteiger partial charge < -0.3 is 16.2 Å². The van der Waals surface area contributed by atoms with E-state index in [1.165, 1.54) is 12.1 Å². The molecule has 0 aromatic heterocycles. The van der Waals surface area contributed by atoms with Gasteiger partial charge in [0.05, 0.1) is 0 Å². The van der Waals surface area contributed by atoms with Crippen LogP contribution in [0.4, 0.5) is 5.69 Å². The van der Waals surface area contributed by atoms with E-state index in [4.69, 9.17) is 10.8 Å². The van der Waals surface area contributed by atoms with Crippen LogP contribution in [0, 0.1) is 0 Å². The van der Waals surface area contributed by atoms with Crippen molar-refractivity contribution in [1.29, 1.82) is 0 Å². The number of benzene rings is 1. The van der Waals surface area contributed by atoms with Gasteiger partial charge in [0.1, 0.15) is 6.54 Å². The number of rotatable bonds is 3. The van der Waals surface area contributed by atoms with E-state index < -0.39 is 11.9 Å². The number of nitrogens with one attached hydrogen (secondary N) is 1. The van der Waals surface area contributed by atoms with Gasteiger partial charge in [0.15, 0.2) is 0 Å². The number of hydrogen-bond acceptors (Lipinski definition) is 3. The summed E-state index contributed by atoms with van der Waals surface area (Å²) in [6, 6.07) is 6.23. The minimum absolute atomic E-state index is 0. The monoisotopic (exact) mass is 217 g/mol. The Kier molecular flexibility index (Phi) is 6.00. The molecule has 0 heterocycles. The van der Waals surface area contributed by atoms with Gasteiger partial charge in [-0.1, -0.05) is 0 Å². The van der Waals surface area contributed by atoms with E-state index in [0.29, 0.717) is 11.3 Å². The summed E-state index contributed by atoms with van der Waals surface area (Å²) in [4.78, 5) is 21.4. The molecule has 1 rings (SSSR count). The molecule has 0 aliphatic carbocycles. The van der Waals surface area contributed by atoms with Crippen molar-refractivity contribution in [1.82, 2.24) is 5.32 Å². The second-order valence-electron chi connectivity index (χ2n) is 2.70. The maximum Gasteiger partial charge on any atom is 1.00 e. The minimum Gasteiger partial charge on any atom is -0.480 e. The summed E-state index contributed by atoms with van der Waals surface area (Å²) in [5, 5.41) is 10.6. The zero-order valence-corrected chi connectivity index (χ0v) is 10.4. The van der Waals surface area contributed by atoms with Gasteiger partial charge in [-0.15, -0.1) is 0 Å². The zero-order chi connectivity index (χ0) is 10.6. The Morgan fingerprint density at radius 3 is 2.27 bits per heavy atom. The van der Waals surface area contributed by atoms with E-state index in [-0.39, 0.29) is 36.1 Å². The van der Waals surface area contributed by atoms with E-state index in [0.717, 1.165) is 0 Å². The molecule has 0 aliphatic rings. The van der Waals surface area contributed by atoms with Crippen LogP contribution >= 0.6 is 0 Å². The number of carbonyl (C=O) groups excluding carboxylic acids is 1. The van der Waals surface area contributed by atoms with Crippen LogP contribution in [-0.2, 0) is 4.79 Å². The Bertz CT molecular complexity index is 351. The van der Waals surface area contributed by atoms with Crippen LogP contribution in [0.15, 0.2) is 24.3 Å². The van der Waals surface area contributed by atoms with Gasteiger partial charge in [0.2, 0.25) is 0 Å². The summed E-state index contributed by atoms with van der Waals surface area (Å²) in [5.74, 6) is -1.50. The Balaban J connectivity index is 0.00000196. The van der Waals surface area contributed by atoms with Gasteiger partial charge in [0, 0.05) is 11.3 Å². The quantitative estimate of drug-likeness (QED) is 0.374. The maximum absolute atomic E-state index is 11.2. The summed E-state index contributed by atoms with van der Waals surface area (Å²) in [7, 11) is 0. The molecule has 0 saturated carbocycles. The van der Waals surface area contributed by atoms with Crippen LogP contribution in [0.2, 0.25) is 0 Å². The standard InChI is InChI=1S/C9H10N2O3.Na/c10-7-3-1-6(2-4-7)9(14)11-5-8(12)13;/h1-4H,5,10H2,(H,11,14)(H,12,13);/q;+1. The summed E-state index contributed by atoms with van der Waals surface area (Å²) in [5.41, 5.74) is 6.37. The fourth-order valence-electron chi connectivity index (χ4n) is 0.892. The van der Waals surface area contributed by atoms with Gasteiger partial charge >= 0.3 is 35.5 Å². The number of carboxylic acid groups (broad SMARTS) is 1. The topological polar surface area (TPSA) is 92.4 Å². The van der Waals surface area contributed by atoms with Gasteiger partial charge in [0.25, 0.3) is 5.91 Å². The van der Waals surface area contributed by atoms with Crippen LogP contribution in [0.25, 0.3) is 0 Å². The number of nitrogens with two attached hydrogens (primary N) is 1. The molecule has 74 valence electrons. The smallest absolute Gasteiger partial charge is 0.480 e. The van der Waals surface area contributed by atoms with E-state index >= 15 is 0 Å². The van der Waals surface area contributed by atoms with Crippen molar-refractivity contribution < 1.29 is 44.3 Å². The third-order valence-corrected chi connectivity index (χ3v) is 1.57. The number of carbonyl (C=O) groups is 2. The molecule has 0 fully saturated rings. The second kappa shape index (κ2) is 6.44. The maximum atomic E-state index is 11.2. The zero-order valence-electron chi connectivity index (χ0n) is 8.36. The second-order valence-corrected chi connectivity index (χ2v) is 2.70. The van der Waals surface area contributed by atoms with Crippen LogP contribution in [-0.4, -0.2) is 23.5 Å². The molecule has 0 radical (unpaired) electrons. The van der Waals surface area contributed by atoms with Crippen LogP contribution in [0.3, 0.4) is 0 Å². The largest absolute Gasteiger partial charge is 1.00 e. The normalized spacial score (nSPS) is 8.80. The van der Waals surface area contributed by atoms with Crippen LogP contribution in [0.1, 0.15) is 10.4 Å². The number of carboxylic acids is 1. The number of amides is 1. The molecule has 5 nitrogen and oxygen atoms in total. The van der Waals surface area contributed by atoms with Crippen molar-refractivity contribution in [3.63, 3.8) is 0 Å². The predicted molar refractivity (Wildman–Crippen MR) is 50.8 cm³/mol. The molecule has 0 saturated heterocycles. The number of aliphatic carboxylic acids is 1. The van der Waals surface area contributed by atoms with Crippen molar-refractivity contribution in [2.75, 3.05) is 12.3 Å². The van der Waals surface area contributed by atoms with Gasteiger partial charge in [-0.25, -0.2) is 0 Å². The first-order valence-electron chi connectivity index (χ1n) is 3.95. The average molecular weight is 217 g/mol.